The van der Waals surface area contributed by atoms with Gasteiger partial charge in [-0.15, -0.1) is 0 Å². The van der Waals surface area contributed by atoms with Crippen molar-refractivity contribution in [2.75, 3.05) is 0 Å². The first-order valence-corrected chi connectivity index (χ1v) is 5.26. The molecule has 2 heteroatoms. The summed E-state index contributed by atoms with van der Waals surface area (Å²) in [6.45, 7) is 8.88. The van der Waals surface area contributed by atoms with Crippen molar-refractivity contribution >= 4 is 0 Å². The van der Waals surface area contributed by atoms with E-state index in [1.807, 2.05) is 0 Å². The highest BCUT2D eigenvalue weighted by molar-refractivity contribution is 4.90. The van der Waals surface area contributed by atoms with E-state index < -0.39 is 0 Å². The second kappa shape index (κ2) is 3.58. The number of nitrogens with two attached hydrogens (primary N) is 1. The molecular formula is C11H23NO. The number of hydrogen-bond donors (Lipinski definition) is 2. The largest absolute Gasteiger partial charge is 0.391 e. The van der Waals surface area contributed by atoms with Crippen LogP contribution in [0.25, 0.3) is 0 Å². The molecule has 1 aliphatic rings. The van der Waals surface area contributed by atoms with Crippen LogP contribution in [-0.4, -0.2) is 17.3 Å². The van der Waals surface area contributed by atoms with E-state index in [0.29, 0.717) is 17.3 Å². The molecule has 0 aliphatic heterocycles. The molecule has 0 bridgehead atoms. The lowest BCUT2D eigenvalue weighted by atomic mass is 9.67. The minimum atomic E-state index is -0.293. The van der Waals surface area contributed by atoms with Crippen LogP contribution in [0, 0.1) is 17.3 Å². The highest BCUT2D eigenvalue weighted by Crippen LogP contribution is 2.39. The first-order valence-electron chi connectivity index (χ1n) is 5.26. The van der Waals surface area contributed by atoms with E-state index in [1.165, 1.54) is 0 Å². The molecule has 78 valence electrons. The zero-order chi connectivity index (χ0) is 10.2. The molecule has 4 atom stereocenters. The predicted molar refractivity (Wildman–Crippen MR) is 55.3 cm³/mol. The second-order valence-corrected chi connectivity index (χ2v) is 5.67. The predicted octanol–water partition coefficient (Wildman–Crippen LogP) is 1.77. The molecular weight excluding hydrogens is 162 g/mol. The van der Waals surface area contributed by atoms with Gasteiger partial charge in [-0.1, -0.05) is 27.7 Å². The molecule has 0 spiro atoms. The van der Waals surface area contributed by atoms with E-state index in [0.717, 1.165) is 12.8 Å². The lowest BCUT2D eigenvalue weighted by Gasteiger charge is -2.42. The standard InChI is InChI=1S/C11H23NO/c1-7-5-8(11(2,3)4)6-9(12)10(7)13/h7-10,13H,5-6,12H2,1-4H3. The molecule has 0 aromatic carbocycles. The molecule has 1 saturated carbocycles. The van der Waals surface area contributed by atoms with Gasteiger partial charge >= 0.3 is 0 Å². The van der Waals surface area contributed by atoms with Gasteiger partial charge in [0.2, 0.25) is 0 Å². The Balaban J connectivity index is 2.64. The third kappa shape index (κ3) is 2.44. The van der Waals surface area contributed by atoms with Gasteiger partial charge in [-0.3, -0.25) is 0 Å². The van der Waals surface area contributed by atoms with Gasteiger partial charge in [0, 0.05) is 6.04 Å². The van der Waals surface area contributed by atoms with E-state index in [9.17, 15) is 5.11 Å². The fourth-order valence-electron chi connectivity index (χ4n) is 2.28. The molecule has 1 fully saturated rings. The van der Waals surface area contributed by atoms with Crippen LogP contribution in [0.15, 0.2) is 0 Å². The maximum atomic E-state index is 9.70. The molecule has 1 aliphatic carbocycles. The van der Waals surface area contributed by atoms with Crippen LogP contribution < -0.4 is 5.73 Å². The van der Waals surface area contributed by atoms with Crippen LogP contribution in [0.4, 0.5) is 0 Å². The second-order valence-electron chi connectivity index (χ2n) is 5.67. The molecule has 1 rings (SSSR count). The summed E-state index contributed by atoms with van der Waals surface area (Å²) < 4.78 is 0. The first-order chi connectivity index (χ1) is 5.82. The van der Waals surface area contributed by atoms with Crippen molar-refractivity contribution in [3.8, 4) is 0 Å². The molecule has 4 unspecified atom stereocenters. The minimum absolute atomic E-state index is 0.0204. The topological polar surface area (TPSA) is 46.2 Å². The minimum Gasteiger partial charge on any atom is -0.391 e. The van der Waals surface area contributed by atoms with Crippen molar-refractivity contribution in [2.45, 2.75) is 52.7 Å². The molecule has 2 nitrogen and oxygen atoms in total. The summed E-state index contributed by atoms with van der Waals surface area (Å²) in [5.74, 6) is 1.01. The zero-order valence-electron chi connectivity index (χ0n) is 9.25. The Kier molecular flexibility index (Phi) is 3.03. The third-order valence-electron chi connectivity index (χ3n) is 3.46. The lowest BCUT2D eigenvalue weighted by Crippen LogP contribution is -2.47. The Morgan fingerprint density at radius 2 is 1.77 bits per heavy atom. The fourth-order valence-corrected chi connectivity index (χ4v) is 2.28. The molecule has 0 saturated heterocycles. The van der Waals surface area contributed by atoms with Gasteiger partial charge in [-0.2, -0.15) is 0 Å². The Morgan fingerprint density at radius 1 is 1.23 bits per heavy atom. The molecule has 13 heavy (non-hydrogen) atoms. The maximum absolute atomic E-state index is 9.70. The van der Waals surface area contributed by atoms with Gasteiger partial charge in [-0.05, 0) is 30.1 Å². The van der Waals surface area contributed by atoms with Gasteiger partial charge in [0.25, 0.3) is 0 Å². The van der Waals surface area contributed by atoms with E-state index in [-0.39, 0.29) is 12.1 Å². The number of hydrogen-bond acceptors (Lipinski definition) is 2. The molecule has 0 aromatic heterocycles. The van der Waals surface area contributed by atoms with Gasteiger partial charge in [-0.25, -0.2) is 0 Å². The van der Waals surface area contributed by atoms with Crippen molar-refractivity contribution in [3.63, 3.8) is 0 Å². The Hall–Kier alpha value is -0.0800. The van der Waals surface area contributed by atoms with E-state index >= 15 is 0 Å². The van der Waals surface area contributed by atoms with Crippen molar-refractivity contribution in [3.05, 3.63) is 0 Å². The van der Waals surface area contributed by atoms with Crippen molar-refractivity contribution < 1.29 is 5.11 Å². The summed E-state index contributed by atoms with van der Waals surface area (Å²) >= 11 is 0. The smallest absolute Gasteiger partial charge is 0.0716 e. The number of aliphatic hydroxyl groups is 1. The molecule has 0 aromatic rings. The normalized spacial score (nSPS) is 42.0. The first kappa shape index (κ1) is 11.0. The summed E-state index contributed by atoms with van der Waals surface area (Å²) in [5, 5.41) is 9.70. The van der Waals surface area contributed by atoms with E-state index in [2.05, 4.69) is 27.7 Å². The van der Waals surface area contributed by atoms with E-state index in [1.54, 1.807) is 0 Å². The highest BCUT2D eigenvalue weighted by atomic mass is 16.3. The quantitative estimate of drug-likeness (QED) is 0.604. The monoisotopic (exact) mass is 185 g/mol. The Labute approximate surface area is 81.5 Å². The molecule has 0 amide bonds. The van der Waals surface area contributed by atoms with Gasteiger partial charge in [0.15, 0.2) is 0 Å². The average Bonchev–Trinajstić information content (AvgIpc) is 1.97. The van der Waals surface area contributed by atoms with Crippen molar-refractivity contribution in [1.82, 2.24) is 0 Å². The average molecular weight is 185 g/mol. The van der Waals surface area contributed by atoms with Gasteiger partial charge in [0.05, 0.1) is 6.10 Å². The van der Waals surface area contributed by atoms with Crippen LogP contribution in [0.1, 0.15) is 40.5 Å². The zero-order valence-corrected chi connectivity index (χ0v) is 9.25. The summed E-state index contributed by atoms with van der Waals surface area (Å²) in [5.41, 5.74) is 6.23. The molecule has 0 heterocycles. The summed E-state index contributed by atoms with van der Waals surface area (Å²) in [4.78, 5) is 0. The van der Waals surface area contributed by atoms with Gasteiger partial charge < -0.3 is 10.8 Å². The maximum Gasteiger partial charge on any atom is 0.0716 e. The van der Waals surface area contributed by atoms with Crippen LogP contribution in [0.2, 0.25) is 0 Å². The Morgan fingerprint density at radius 3 is 2.15 bits per heavy atom. The van der Waals surface area contributed by atoms with Crippen LogP contribution >= 0.6 is 0 Å². The van der Waals surface area contributed by atoms with Crippen LogP contribution in [-0.2, 0) is 0 Å². The van der Waals surface area contributed by atoms with Crippen molar-refractivity contribution in [2.24, 2.45) is 23.0 Å². The summed E-state index contributed by atoms with van der Waals surface area (Å²) in [6, 6.07) is -0.0204. The van der Waals surface area contributed by atoms with Crippen LogP contribution in [0.5, 0.6) is 0 Å². The third-order valence-corrected chi connectivity index (χ3v) is 3.46. The number of aliphatic hydroxyl groups excluding tert-OH is 1. The summed E-state index contributed by atoms with van der Waals surface area (Å²) in [6.07, 6.45) is 1.78. The lowest BCUT2D eigenvalue weighted by molar-refractivity contribution is 0.0106. The SMILES string of the molecule is CC1CC(C(C)(C)C)CC(N)C1O. The fraction of sp³-hybridized carbons (Fsp3) is 1.00. The highest BCUT2D eigenvalue weighted by Gasteiger charge is 2.37. The molecule has 0 radical (unpaired) electrons. The Bertz CT molecular complexity index is 161. The summed E-state index contributed by atoms with van der Waals surface area (Å²) in [7, 11) is 0. The van der Waals surface area contributed by atoms with Crippen molar-refractivity contribution in [1.29, 1.82) is 0 Å². The number of rotatable bonds is 0. The molecule has 3 N–H and O–H groups in total. The van der Waals surface area contributed by atoms with Crippen LogP contribution in [0.3, 0.4) is 0 Å². The van der Waals surface area contributed by atoms with Gasteiger partial charge in [0.1, 0.15) is 0 Å². The van der Waals surface area contributed by atoms with E-state index in [4.69, 9.17) is 5.73 Å².